The van der Waals surface area contributed by atoms with Crippen molar-refractivity contribution < 1.29 is 5.11 Å². The minimum atomic E-state index is -0.515. The normalized spacial score (nSPS) is 13.5. The lowest BCUT2D eigenvalue weighted by atomic mass is 10.3. The molecule has 0 aliphatic heterocycles. The molecule has 0 radical (unpaired) electrons. The Morgan fingerprint density at radius 3 is 2.92 bits per heavy atom. The number of nitrogens with zero attached hydrogens (tertiary/aromatic N) is 2. The van der Waals surface area contributed by atoms with Crippen molar-refractivity contribution in [1.82, 2.24) is 9.38 Å². The van der Waals surface area contributed by atoms with Crippen LogP contribution < -0.4 is 0 Å². The SMILES string of the molecule is CC(O)c1cn2cc(Br)ccc2n1. The minimum Gasteiger partial charge on any atom is -0.387 e. The zero-order chi connectivity index (χ0) is 9.42. The third-order valence-electron chi connectivity index (χ3n) is 1.86. The Balaban J connectivity index is 2.62. The van der Waals surface area contributed by atoms with Crippen molar-refractivity contribution in [3.63, 3.8) is 0 Å². The number of hydrogen-bond acceptors (Lipinski definition) is 2. The molecule has 4 heteroatoms. The Morgan fingerprint density at radius 1 is 1.46 bits per heavy atom. The highest BCUT2D eigenvalue weighted by Gasteiger charge is 2.05. The third kappa shape index (κ3) is 1.59. The molecule has 68 valence electrons. The Kier molecular flexibility index (Phi) is 2.09. The molecule has 0 fully saturated rings. The van der Waals surface area contributed by atoms with Crippen LogP contribution in [0.4, 0.5) is 0 Å². The summed E-state index contributed by atoms with van der Waals surface area (Å²) in [7, 11) is 0. The maximum atomic E-state index is 9.31. The Morgan fingerprint density at radius 2 is 2.23 bits per heavy atom. The number of hydrogen-bond donors (Lipinski definition) is 1. The van der Waals surface area contributed by atoms with Crippen LogP contribution in [0, 0.1) is 0 Å². The molecule has 0 saturated carbocycles. The van der Waals surface area contributed by atoms with Gasteiger partial charge in [-0.2, -0.15) is 0 Å². The highest BCUT2D eigenvalue weighted by atomic mass is 79.9. The number of halogens is 1. The van der Waals surface area contributed by atoms with E-state index >= 15 is 0 Å². The van der Waals surface area contributed by atoms with Gasteiger partial charge in [0.05, 0.1) is 11.8 Å². The summed E-state index contributed by atoms with van der Waals surface area (Å²) < 4.78 is 2.88. The first-order chi connectivity index (χ1) is 6.16. The average molecular weight is 241 g/mol. The standard InChI is InChI=1S/C9H9BrN2O/c1-6(13)8-5-12-4-7(10)2-3-9(12)11-8/h2-6,13H,1H3. The largest absolute Gasteiger partial charge is 0.387 e. The molecule has 13 heavy (non-hydrogen) atoms. The molecule has 0 bridgehead atoms. The molecule has 3 nitrogen and oxygen atoms in total. The number of imidazole rings is 1. The number of rotatable bonds is 1. The Bertz CT molecular complexity index is 436. The van der Waals surface area contributed by atoms with Crippen LogP contribution in [0.1, 0.15) is 18.7 Å². The van der Waals surface area contributed by atoms with E-state index < -0.39 is 6.10 Å². The summed E-state index contributed by atoms with van der Waals surface area (Å²) in [5.74, 6) is 0. The van der Waals surface area contributed by atoms with Crippen molar-refractivity contribution in [2.75, 3.05) is 0 Å². The van der Waals surface area contributed by atoms with Crippen LogP contribution >= 0.6 is 15.9 Å². The highest BCUT2D eigenvalue weighted by Crippen LogP contribution is 2.15. The first kappa shape index (κ1) is 8.72. The molecule has 1 unspecified atom stereocenters. The van der Waals surface area contributed by atoms with Crippen molar-refractivity contribution in [3.05, 3.63) is 34.7 Å². The van der Waals surface area contributed by atoms with Gasteiger partial charge in [0.1, 0.15) is 5.65 Å². The molecule has 2 aromatic rings. The second-order valence-electron chi connectivity index (χ2n) is 2.95. The van der Waals surface area contributed by atoms with Gasteiger partial charge in [0.15, 0.2) is 0 Å². The average Bonchev–Trinajstić information content (AvgIpc) is 2.46. The molecule has 0 aliphatic rings. The molecule has 0 aromatic carbocycles. The van der Waals surface area contributed by atoms with Crippen LogP contribution in [0.5, 0.6) is 0 Å². The molecule has 0 spiro atoms. The van der Waals surface area contributed by atoms with Crippen LogP contribution in [0.2, 0.25) is 0 Å². The molecule has 1 atom stereocenters. The van der Waals surface area contributed by atoms with Crippen LogP contribution in [0.3, 0.4) is 0 Å². The maximum Gasteiger partial charge on any atom is 0.137 e. The Hall–Kier alpha value is -0.870. The van der Waals surface area contributed by atoms with Crippen LogP contribution in [-0.2, 0) is 0 Å². The van der Waals surface area contributed by atoms with Gasteiger partial charge in [-0.05, 0) is 35.0 Å². The van der Waals surface area contributed by atoms with E-state index in [2.05, 4.69) is 20.9 Å². The summed E-state index contributed by atoms with van der Waals surface area (Å²) in [5, 5.41) is 9.31. The summed E-state index contributed by atoms with van der Waals surface area (Å²) in [6, 6.07) is 3.82. The van der Waals surface area contributed by atoms with Crippen LogP contribution in [0.25, 0.3) is 5.65 Å². The van der Waals surface area contributed by atoms with E-state index in [0.29, 0.717) is 5.69 Å². The van der Waals surface area contributed by atoms with E-state index in [1.165, 1.54) is 0 Å². The molecular weight excluding hydrogens is 232 g/mol. The second-order valence-corrected chi connectivity index (χ2v) is 3.87. The van der Waals surface area contributed by atoms with Crippen molar-refractivity contribution >= 4 is 21.6 Å². The van der Waals surface area contributed by atoms with E-state index in [-0.39, 0.29) is 0 Å². The van der Waals surface area contributed by atoms with Crippen molar-refractivity contribution in [3.8, 4) is 0 Å². The van der Waals surface area contributed by atoms with Crippen molar-refractivity contribution in [2.24, 2.45) is 0 Å². The predicted molar refractivity (Wildman–Crippen MR) is 53.5 cm³/mol. The van der Waals surface area contributed by atoms with Gasteiger partial charge in [-0.3, -0.25) is 0 Å². The number of pyridine rings is 1. The van der Waals surface area contributed by atoms with E-state index in [1.54, 1.807) is 6.92 Å². The fourth-order valence-electron chi connectivity index (χ4n) is 1.19. The van der Waals surface area contributed by atoms with Gasteiger partial charge in [0, 0.05) is 16.9 Å². The fraction of sp³-hybridized carbons (Fsp3) is 0.222. The zero-order valence-corrected chi connectivity index (χ0v) is 8.69. The minimum absolute atomic E-state index is 0.515. The molecule has 2 rings (SSSR count). The molecule has 2 aromatic heterocycles. The third-order valence-corrected chi connectivity index (χ3v) is 2.33. The van der Waals surface area contributed by atoms with Gasteiger partial charge in [0.25, 0.3) is 0 Å². The summed E-state index contributed by atoms with van der Waals surface area (Å²) in [6.07, 6.45) is 3.22. The fourth-order valence-corrected chi connectivity index (χ4v) is 1.54. The second kappa shape index (κ2) is 3.12. The van der Waals surface area contributed by atoms with E-state index in [9.17, 15) is 5.11 Å². The van der Waals surface area contributed by atoms with Crippen molar-refractivity contribution in [1.29, 1.82) is 0 Å². The number of aliphatic hydroxyl groups excluding tert-OH is 1. The van der Waals surface area contributed by atoms with Gasteiger partial charge in [-0.25, -0.2) is 4.98 Å². The summed E-state index contributed by atoms with van der Waals surface area (Å²) in [6.45, 7) is 1.71. The first-order valence-electron chi connectivity index (χ1n) is 3.99. The molecular formula is C9H9BrN2O. The smallest absolute Gasteiger partial charge is 0.137 e. The topological polar surface area (TPSA) is 37.5 Å². The summed E-state index contributed by atoms with van der Waals surface area (Å²) in [4.78, 5) is 4.25. The quantitative estimate of drug-likeness (QED) is 0.830. The van der Waals surface area contributed by atoms with Gasteiger partial charge in [-0.15, -0.1) is 0 Å². The first-order valence-corrected chi connectivity index (χ1v) is 4.78. The molecule has 0 aliphatic carbocycles. The Labute approximate surface area is 84.2 Å². The monoisotopic (exact) mass is 240 g/mol. The number of fused-ring (bicyclic) bond motifs is 1. The van der Waals surface area contributed by atoms with E-state index in [1.807, 2.05) is 28.9 Å². The van der Waals surface area contributed by atoms with Gasteiger partial charge >= 0.3 is 0 Å². The van der Waals surface area contributed by atoms with Crippen LogP contribution in [-0.4, -0.2) is 14.5 Å². The molecule has 1 N–H and O–H groups in total. The summed E-state index contributed by atoms with van der Waals surface area (Å²) in [5.41, 5.74) is 1.54. The van der Waals surface area contributed by atoms with Crippen LogP contribution in [0.15, 0.2) is 29.0 Å². The van der Waals surface area contributed by atoms with Gasteiger partial charge in [0.2, 0.25) is 0 Å². The number of aromatic nitrogens is 2. The molecule has 0 saturated heterocycles. The van der Waals surface area contributed by atoms with E-state index in [0.717, 1.165) is 10.1 Å². The highest BCUT2D eigenvalue weighted by molar-refractivity contribution is 9.10. The number of aliphatic hydroxyl groups is 1. The molecule has 0 amide bonds. The summed E-state index contributed by atoms with van der Waals surface area (Å²) >= 11 is 3.37. The maximum absolute atomic E-state index is 9.31. The lowest BCUT2D eigenvalue weighted by Gasteiger charge is -1.94. The van der Waals surface area contributed by atoms with Gasteiger partial charge < -0.3 is 9.51 Å². The lowest BCUT2D eigenvalue weighted by molar-refractivity contribution is 0.195. The van der Waals surface area contributed by atoms with E-state index in [4.69, 9.17) is 0 Å². The van der Waals surface area contributed by atoms with Gasteiger partial charge in [-0.1, -0.05) is 0 Å². The van der Waals surface area contributed by atoms with Crippen molar-refractivity contribution in [2.45, 2.75) is 13.0 Å². The predicted octanol–water partition coefficient (Wildman–Crippen LogP) is 2.15. The zero-order valence-electron chi connectivity index (χ0n) is 7.11. The lowest BCUT2D eigenvalue weighted by Crippen LogP contribution is -1.89. The molecule has 2 heterocycles.